The summed E-state index contributed by atoms with van der Waals surface area (Å²) in [5.41, 5.74) is 2.86. The van der Waals surface area contributed by atoms with E-state index in [2.05, 4.69) is 51.0 Å². The van der Waals surface area contributed by atoms with E-state index in [9.17, 15) is 13.2 Å². The van der Waals surface area contributed by atoms with Crippen molar-refractivity contribution in [3.63, 3.8) is 0 Å². The first kappa shape index (κ1) is 19.8. The van der Waals surface area contributed by atoms with Gasteiger partial charge in [-0.05, 0) is 25.0 Å². The van der Waals surface area contributed by atoms with Gasteiger partial charge in [-0.3, -0.25) is 4.90 Å². The van der Waals surface area contributed by atoms with E-state index in [4.69, 9.17) is 0 Å². The van der Waals surface area contributed by atoms with Crippen molar-refractivity contribution in [2.45, 2.75) is 32.5 Å². The molecule has 0 aliphatic carbocycles. The lowest BCUT2D eigenvalue weighted by Crippen LogP contribution is -2.56. The summed E-state index contributed by atoms with van der Waals surface area (Å²) >= 11 is 1.11. The first-order valence-electron chi connectivity index (χ1n) is 10.1. The maximum absolute atomic E-state index is 12.8. The minimum absolute atomic E-state index is 0.257. The summed E-state index contributed by atoms with van der Waals surface area (Å²) < 4.78 is 38.4. The summed E-state index contributed by atoms with van der Waals surface area (Å²) in [5, 5.41) is 0.745. The topological polar surface area (TPSA) is 32.3 Å². The van der Waals surface area contributed by atoms with Crippen molar-refractivity contribution in [1.82, 2.24) is 14.9 Å². The molecule has 3 aromatic rings. The number of fused-ring (bicyclic) bond motifs is 1. The molecule has 5 rings (SSSR count). The second kappa shape index (κ2) is 7.20. The van der Waals surface area contributed by atoms with Crippen molar-refractivity contribution in [2.75, 3.05) is 31.1 Å². The van der Waals surface area contributed by atoms with Crippen LogP contribution in [0.5, 0.6) is 0 Å². The van der Waals surface area contributed by atoms with Gasteiger partial charge < -0.3 is 4.90 Å². The fraction of sp³-hybridized carbons (Fsp3) is 0.455. The standard InChI is InChI=1S/C22H23F3N4S/c1-15-2-4-16(5-3-15)10-28-11-21(12-28)6-7-29(13-21)19-18-8-17(9-22(23,24)25)30-20(18)27-14-26-19/h2-5,8,14H,6-7,9-13H2,1H3. The summed E-state index contributed by atoms with van der Waals surface area (Å²) in [4.78, 5) is 14.3. The molecule has 0 unspecified atom stereocenters. The van der Waals surface area contributed by atoms with E-state index in [0.29, 0.717) is 9.71 Å². The molecular formula is C22H23F3N4S. The van der Waals surface area contributed by atoms with Crippen LogP contribution in [0.2, 0.25) is 0 Å². The number of hydrogen-bond acceptors (Lipinski definition) is 5. The van der Waals surface area contributed by atoms with E-state index in [1.54, 1.807) is 6.07 Å². The van der Waals surface area contributed by atoms with Crippen LogP contribution in [0.4, 0.5) is 19.0 Å². The Labute approximate surface area is 177 Å². The molecule has 1 aromatic carbocycles. The quantitative estimate of drug-likeness (QED) is 0.592. The molecule has 2 saturated heterocycles. The average Bonchev–Trinajstić information content (AvgIpc) is 3.25. The number of thiophene rings is 1. The summed E-state index contributed by atoms with van der Waals surface area (Å²) in [6.07, 6.45) is -2.56. The SMILES string of the molecule is Cc1ccc(CN2CC3(CCN(c4ncnc5sc(CC(F)(F)F)cc45)C3)C2)cc1. The van der Waals surface area contributed by atoms with Crippen molar-refractivity contribution in [3.05, 3.63) is 52.7 Å². The van der Waals surface area contributed by atoms with Crippen molar-refractivity contribution in [1.29, 1.82) is 0 Å². The van der Waals surface area contributed by atoms with Crippen molar-refractivity contribution >= 4 is 27.4 Å². The van der Waals surface area contributed by atoms with Gasteiger partial charge in [0.25, 0.3) is 0 Å². The lowest BCUT2D eigenvalue weighted by atomic mass is 9.79. The fourth-order valence-corrected chi connectivity index (χ4v) is 5.79. The highest BCUT2D eigenvalue weighted by atomic mass is 32.1. The lowest BCUT2D eigenvalue weighted by molar-refractivity contribution is -0.126. The molecular weight excluding hydrogens is 409 g/mol. The van der Waals surface area contributed by atoms with Crippen LogP contribution in [-0.4, -0.2) is 47.2 Å². The Morgan fingerprint density at radius 3 is 2.60 bits per heavy atom. The number of aromatic nitrogens is 2. The van der Waals surface area contributed by atoms with Gasteiger partial charge in [-0.15, -0.1) is 11.3 Å². The van der Waals surface area contributed by atoms with Crippen molar-refractivity contribution in [2.24, 2.45) is 5.41 Å². The lowest BCUT2D eigenvalue weighted by Gasteiger charge is -2.48. The van der Waals surface area contributed by atoms with Crippen molar-refractivity contribution < 1.29 is 13.2 Å². The van der Waals surface area contributed by atoms with Gasteiger partial charge in [0.15, 0.2) is 0 Å². The zero-order valence-corrected chi connectivity index (χ0v) is 17.6. The van der Waals surface area contributed by atoms with Crippen molar-refractivity contribution in [3.8, 4) is 0 Å². The van der Waals surface area contributed by atoms with Gasteiger partial charge >= 0.3 is 6.18 Å². The molecule has 0 amide bonds. The van der Waals surface area contributed by atoms with Gasteiger partial charge in [-0.1, -0.05) is 29.8 Å². The van der Waals surface area contributed by atoms with E-state index in [-0.39, 0.29) is 5.41 Å². The van der Waals surface area contributed by atoms with Crippen LogP contribution in [0, 0.1) is 12.3 Å². The predicted molar refractivity (Wildman–Crippen MR) is 113 cm³/mol. The van der Waals surface area contributed by atoms with Gasteiger partial charge in [-0.25, -0.2) is 9.97 Å². The van der Waals surface area contributed by atoms with E-state index in [1.807, 2.05) is 0 Å². The largest absolute Gasteiger partial charge is 0.393 e. The van der Waals surface area contributed by atoms with Gasteiger partial charge in [0.2, 0.25) is 0 Å². The summed E-state index contributed by atoms with van der Waals surface area (Å²) in [6, 6.07) is 10.3. The maximum atomic E-state index is 12.8. The average molecular weight is 433 g/mol. The van der Waals surface area contributed by atoms with Crippen LogP contribution in [0.3, 0.4) is 0 Å². The van der Waals surface area contributed by atoms with E-state index in [0.717, 1.165) is 61.7 Å². The highest BCUT2D eigenvalue weighted by Crippen LogP contribution is 2.43. The monoisotopic (exact) mass is 432 g/mol. The summed E-state index contributed by atoms with van der Waals surface area (Å²) in [7, 11) is 0. The number of rotatable bonds is 4. The molecule has 0 atom stereocenters. The van der Waals surface area contributed by atoms with E-state index < -0.39 is 12.6 Å². The highest BCUT2D eigenvalue weighted by molar-refractivity contribution is 7.18. The molecule has 2 aromatic heterocycles. The smallest absolute Gasteiger partial charge is 0.355 e. The molecule has 1 spiro atoms. The molecule has 0 radical (unpaired) electrons. The molecule has 4 heterocycles. The zero-order valence-electron chi connectivity index (χ0n) is 16.7. The normalized spacial score (nSPS) is 19.0. The molecule has 8 heteroatoms. The molecule has 30 heavy (non-hydrogen) atoms. The Hall–Kier alpha value is -2.19. The van der Waals surface area contributed by atoms with Gasteiger partial charge in [0.1, 0.15) is 17.0 Å². The van der Waals surface area contributed by atoms with E-state index in [1.165, 1.54) is 17.5 Å². The Morgan fingerprint density at radius 2 is 1.87 bits per heavy atom. The van der Waals surface area contributed by atoms with Crippen LogP contribution < -0.4 is 4.90 Å². The first-order valence-corrected chi connectivity index (χ1v) is 10.9. The Balaban J connectivity index is 1.27. The number of halogens is 3. The Morgan fingerprint density at radius 1 is 1.10 bits per heavy atom. The Bertz CT molecular complexity index is 1050. The molecule has 158 valence electrons. The molecule has 2 aliphatic rings. The third-order valence-electron chi connectivity index (χ3n) is 6.12. The minimum atomic E-state index is -4.21. The first-order chi connectivity index (χ1) is 14.3. The number of alkyl halides is 3. The number of aryl methyl sites for hydroxylation is 1. The molecule has 0 bridgehead atoms. The second-order valence-electron chi connectivity index (χ2n) is 8.72. The maximum Gasteiger partial charge on any atom is 0.393 e. The molecule has 4 nitrogen and oxygen atoms in total. The molecule has 2 aliphatic heterocycles. The third kappa shape index (κ3) is 3.90. The number of likely N-dealkylation sites (tertiary alicyclic amines) is 1. The van der Waals surface area contributed by atoms with Crippen LogP contribution in [0.15, 0.2) is 36.7 Å². The van der Waals surface area contributed by atoms with E-state index >= 15 is 0 Å². The summed E-state index contributed by atoms with van der Waals surface area (Å²) in [5.74, 6) is 0.776. The Kier molecular flexibility index (Phi) is 4.74. The molecule has 0 N–H and O–H groups in total. The van der Waals surface area contributed by atoms with Gasteiger partial charge in [0, 0.05) is 43.0 Å². The van der Waals surface area contributed by atoms with Crippen LogP contribution in [0.1, 0.15) is 22.4 Å². The minimum Gasteiger partial charge on any atom is -0.355 e. The van der Waals surface area contributed by atoms with Crippen LogP contribution >= 0.6 is 11.3 Å². The molecule has 2 fully saturated rings. The van der Waals surface area contributed by atoms with Gasteiger partial charge in [-0.2, -0.15) is 13.2 Å². The number of hydrogen-bond donors (Lipinski definition) is 0. The third-order valence-corrected chi connectivity index (χ3v) is 7.16. The highest BCUT2D eigenvalue weighted by Gasteiger charge is 2.47. The van der Waals surface area contributed by atoms with Crippen LogP contribution in [-0.2, 0) is 13.0 Å². The number of anilines is 1. The second-order valence-corrected chi connectivity index (χ2v) is 9.84. The van der Waals surface area contributed by atoms with Crippen LogP contribution in [0.25, 0.3) is 10.2 Å². The zero-order chi connectivity index (χ0) is 20.9. The van der Waals surface area contributed by atoms with Gasteiger partial charge in [0.05, 0.1) is 11.8 Å². The fourth-order valence-electron chi connectivity index (χ4n) is 4.77. The molecule has 0 saturated carbocycles. The predicted octanol–water partition coefficient (Wildman–Crippen LogP) is 4.82. The number of nitrogens with zero attached hydrogens (tertiary/aromatic N) is 4. The number of benzene rings is 1. The summed E-state index contributed by atoms with van der Waals surface area (Å²) in [6.45, 7) is 6.94.